The van der Waals surface area contributed by atoms with Gasteiger partial charge in [0.15, 0.2) is 5.82 Å². The van der Waals surface area contributed by atoms with E-state index >= 15 is 0 Å². The van der Waals surface area contributed by atoms with Crippen LogP contribution in [0.3, 0.4) is 0 Å². The molecule has 0 aliphatic rings. The number of rotatable bonds is 2. The summed E-state index contributed by atoms with van der Waals surface area (Å²) in [5, 5.41) is 6.85. The molecule has 0 unspecified atom stereocenters. The van der Waals surface area contributed by atoms with Crippen LogP contribution in [0.4, 0.5) is 0 Å². The van der Waals surface area contributed by atoms with Gasteiger partial charge in [-0.1, -0.05) is 20.8 Å². The number of nitrogens with one attached hydrogen (secondary N) is 1. The second-order valence-electron chi connectivity index (χ2n) is 4.14. The third kappa shape index (κ3) is 2.62. The first-order valence-electron chi connectivity index (χ1n) is 4.11. The maximum absolute atomic E-state index is 5.39. The van der Waals surface area contributed by atoms with E-state index in [1.807, 2.05) is 0 Å². The first kappa shape index (κ1) is 9.19. The molecule has 68 valence electrons. The molecule has 0 atom stereocenters. The topological polar surface area (TPSA) is 67.6 Å². The quantitative estimate of drug-likeness (QED) is 0.688. The normalized spacial score (nSPS) is 12.0. The molecule has 1 rings (SSSR count). The number of nitrogens with two attached hydrogens (primary N) is 1. The summed E-state index contributed by atoms with van der Waals surface area (Å²) in [5.74, 6) is 1.61. The highest BCUT2D eigenvalue weighted by molar-refractivity contribution is 4.92. The molecule has 0 aliphatic carbocycles. The average Bonchev–Trinajstić information content (AvgIpc) is 2.32. The molecule has 0 saturated heterocycles. The molecule has 0 saturated carbocycles. The highest BCUT2D eigenvalue weighted by Gasteiger charge is 2.14. The largest absolute Gasteiger partial charge is 0.324 e. The van der Waals surface area contributed by atoms with E-state index in [1.54, 1.807) is 0 Å². The fourth-order valence-electron chi connectivity index (χ4n) is 0.980. The SMILES string of the molecule is CC(C)(C)Cc1n[nH]c(CN)n1. The summed E-state index contributed by atoms with van der Waals surface area (Å²) in [5.41, 5.74) is 5.62. The van der Waals surface area contributed by atoms with E-state index in [2.05, 4.69) is 36.0 Å². The summed E-state index contributed by atoms with van der Waals surface area (Å²) in [6.45, 7) is 6.90. The monoisotopic (exact) mass is 168 g/mol. The molecule has 0 aromatic carbocycles. The predicted molar refractivity (Wildman–Crippen MR) is 47.4 cm³/mol. The van der Waals surface area contributed by atoms with Crippen molar-refractivity contribution in [2.75, 3.05) is 0 Å². The molecular formula is C8H16N4. The molecule has 0 spiro atoms. The van der Waals surface area contributed by atoms with Gasteiger partial charge in [-0.2, -0.15) is 5.10 Å². The van der Waals surface area contributed by atoms with E-state index in [-0.39, 0.29) is 5.41 Å². The van der Waals surface area contributed by atoms with Crippen LogP contribution >= 0.6 is 0 Å². The molecule has 12 heavy (non-hydrogen) atoms. The minimum absolute atomic E-state index is 0.230. The number of H-pyrrole nitrogens is 1. The molecule has 1 aromatic rings. The van der Waals surface area contributed by atoms with Crippen molar-refractivity contribution >= 4 is 0 Å². The lowest BCUT2D eigenvalue weighted by molar-refractivity contribution is 0.401. The Morgan fingerprint density at radius 1 is 1.42 bits per heavy atom. The van der Waals surface area contributed by atoms with Crippen LogP contribution in [0.5, 0.6) is 0 Å². The maximum Gasteiger partial charge on any atom is 0.151 e. The Balaban J connectivity index is 2.64. The number of hydrogen-bond acceptors (Lipinski definition) is 3. The van der Waals surface area contributed by atoms with E-state index in [4.69, 9.17) is 5.73 Å². The average molecular weight is 168 g/mol. The van der Waals surface area contributed by atoms with Gasteiger partial charge in [0.25, 0.3) is 0 Å². The number of nitrogens with zero attached hydrogens (tertiary/aromatic N) is 2. The Kier molecular flexibility index (Phi) is 2.47. The van der Waals surface area contributed by atoms with Crippen LogP contribution in [-0.2, 0) is 13.0 Å². The van der Waals surface area contributed by atoms with Crippen molar-refractivity contribution in [1.82, 2.24) is 15.2 Å². The van der Waals surface area contributed by atoms with Crippen molar-refractivity contribution in [3.05, 3.63) is 11.6 Å². The molecule has 1 heterocycles. The minimum atomic E-state index is 0.230. The van der Waals surface area contributed by atoms with E-state index in [0.717, 1.165) is 18.1 Å². The van der Waals surface area contributed by atoms with Crippen molar-refractivity contribution in [3.63, 3.8) is 0 Å². The van der Waals surface area contributed by atoms with Gasteiger partial charge >= 0.3 is 0 Å². The summed E-state index contributed by atoms with van der Waals surface area (Å²) in [6.07, 6.45) is 0.878. The fourth-order valence-corrected chi connectivity index (χ4v) is 0.980. The minimum Gasteiger partial charge on any atom is -0.324 e. The molecular weight excluding hydrogens is 152 g/mol. The summed E-state index contributed by atoms with van der Waals surface area (Å²) >= 11 is 0. The molecule has 4 heteroatoms. The van der Waals surface area contributed by atoms with Crippen LogP contribution in [0.1, 0.15) is 32.4 Å². The zero-order chi connectivity index (χ0) is 9.19. The number of aromatic nitrogens is 3. The van der Waals surface area contributed by atoms with Crippen LogP contribution in [-0.4, -0.2) is 15.2 Å². The van der Waals surface area contributed by atoms with Gasteiger partial charge in [-0.3, -0.25) is 5.10 Å². The van der Waals surface area contributed by atoms with E-state index < -0.39 is 0 Å². The van der Waals surface area contributed by atoms with Crippen LogP contribution in [0, 0.1) is 5.41 Å². The lowest BCUT2D eigenvalue weighted by Gasteiger charge is -2.14. The van der Waals surface area contributed by atoms with E-state index in [1.165, 1.54) is 0 Å². The van der Waals surface area contributed by atoms with Gasteiger partial charge in [0.05, 0.1) is 6.54 Å². The van der Waals surface area contributed by atoms with Crippen LogP contribution in [0.25, 0.3) is 0 Å². The van der Waals surface area contributed by atoms with Crippen molar-refractivity contribution in [1.29, 1.82) is 0 Å². The molecule has 0 radical (unpaired) electrons. The lowest BCUT2D eigenvalue weighted by atomic mass is 9.92. The first-order valence-corrected chi connectivity index (χ1v) is 4.11. The fraction of sp³-hybridized carbons (Fsp3) is 0.750. The van der Waals surface area contributed by atoms with Crippen LogP contribution < -0.4 is 5.73 Å². The van der Waals surface area contributed by atoms with Gasteiger partial charge in [0, 0.05) is 6.42 Å². The van der Waals surface area contributed by atoms with E-state index in [9.17, 15) is 0 Å². The Hall–Kier alpha value is -0.900. The highest BCUT2D eigenvalue weighted by atomic mass is 15.2. The predicted octanol–water partition coefficient (Wildman–Crippen LogP) is 0.852. The summed E-state index contributed by atoms with van der Waals surface area (Å²) in [6, 6.07) is 0. The molecule has 3 N–H and O–H groups in total. The van der Waals surface area contributed by atoms with Gasteiger partial charge in [-0.25, -0.2) is 4.98 Å². The zero-order valence-corrected chi connectivity index (χ0v) is 7.89. The van der Waals surface area contributed by atoms with Gasteiger partial charge in [0.2, 0.25) is 0 Å². The van der Waals surface area contributed by atoms with Crippen LogP contribution in [0.15, 0.2) is 0 Å². The number of hydrogen-bond donors (Lipinski definition) is 2. The second kappa shape index (κ2) is 3.23. The third-order valence-corrected chi connectivity index (χ3v) is 1.46. The lowest BCUT2D eigenvalue weighted by Crippen LogP contribution is -2.10. The van der Waals surface area contributed by atoms with Crippen molar-refractivity contribution in [2.45, 2.75) is 33.7 Å². The Morgan fingerprint density at radius 3 is 2.50 bits per heavy atom. The molecule has 0 bridgehead atoms. The van der Waals surface area contributed by atoms with Crippen LogP contribution in [0.2, 0.25) is 0 Å². The Bertz CT molecular complexity index is 246. The van der Waals surface area contributed by atoms with Gasteiger partial charge < -0.3 is 5.73 Å². The second-order valence-corrected chi connectivity index (χ2v) is 4.14. The first-order chi connectivity index (χ1) is 5.51. The summed E-state index contributed by atoms with van der Waals surface area (Å²) in [7, 11) is 0. The molecule has 0 aliphatic heterocycles. The molecule has 4 nitrogen and oxygen atoms in total. The number of aromatic amines is 1. The highest BCUT2D eigenvalue weighted by Crippen LogP contribution is 2.17. The van der Waals surface area contributed by atoms with Gasteiger partial charge in [-0.15, -0.1) is 0 Å². The molecule has 1 aromatic heterocycles. The maximum atomic E-state index is 5.39. The van der Waals surface area contributed by atoms with Crippen molar-refractivity contribution in [2.24, 2.45) is 11.1 Å². The standard InChI is InChI=1S/C8H16N4/c1-8(2,3)4-6-10-7(5-9)12-11-6/h4-5,9H2,1-3H3,(H,10,11,12). The van der Waals surface area contributed by atoms with E-state index in [0.29, 0.717) is 6.54 Å². The zero-order valence-electron chi connectivity index (χ0n) is 7.89. The Labute approximate surface area is 72.6 Å². The summed E-state index contributed by atoms with van der Waals surface area (Å²) < 4.78 is 0. The van der Waals surface area contributed by atoms with Crippen molar-refractivity contribution in [3.8, 4) is 0 Å². The molecule has 0 fully saturated rings. The van der Waals surface area contributed by atoms with Gasteiger partial charge in [0.1, 0.15) is 5.82 Å². The Morgan fingerprint density at radius 2 is 2.08 bits per heavy atom. The molecule has 0 amide bonds. The van der Waals surface area contributed by atoms with Crippen molar-refractivity contribution < 1.29 is 0 Å². The third-order valence-electron chi connectivity index (χ3n) is 1.46. The summed E-state index contributed by atoms with van der Waals surface area (Å²) in [4.78, 5) is 4.22. The smallest absolute Gasteiger partial charge is 0.151 e. The van der Waals surface area contributed by atoms with Gasteiger partial charge in [-0.05, 0) is 5.41 Å².